The highest BCUT2D eigenvalue weighted by Gasteiger charge is 2.12. The van der Waals surface area contributed by atoms with E-state index >= 15 is 0 Å². The van der Waals surface area contributed by atoms with Gasteiger partial charge in [0.05, 0.1) is 40.2 Å². The quantitative estimate of drug-likeness (QED) is 0.386. The zero-order valence-corrected chi connectivity index (χ0v) is 18.8. The Hall–Kier alpha value is -3.75. The summed E-state index contributed by atoms with van der Waals surface area (Å²) in [6, 6.07) is 10.1. The van der Waals surface area contributed by atoms with Crippen molar-refractivity contribution in [3.05, 3.63) is 47.5 Å². The summed E-state index contributed by atoms with van der Waals surface area (Å²) in [5, 5.41) is 6.46. The van der Waals surface area contributed by atoms with Gasteiger partial charge >= 0.3 is 0 Å². The minimum absolute atomic E-state index is 0.238. The van der Waals surface area contributed by atoms with Crippen molar-refractivity contribution in [2.24, 2.45) is 5.10 Å². The zero-order valence-electron chi connectivity index (χ0n) is 18.8. The number of benzene rings is 2. The first kappa shape index (κ1) is 24.5. The van der Waals surface area contributed by atoms with Crippen LogP contribution in [0.5, 0.6) is 23.0 Å². The molecule has 2 N–H and O–H groups in total. The van der Waals surface area contributed by atoms with Gasteiger partial charge < -0.3 is 24.3 Å². The molecule has 0 saturated carbocycles. The van der Waals surface area contributed by atoms with Crippen molar-refractivity contribution in [1.29, 1.82) is 0 Å². The highest BCUT2D eigenvalue weighted by Crippen LogP contribution is 2.28. The van der Waals surface area contributed by atoms with E-state index in [1.165, 1.54) is 26.5 Å². The van der Waals surface area contributed by atoms with E-state index in [-0.39, 0.29) is 6.54 Å². The lowest BCUT2D eigenvalue weighted by molar-refractivity contribution is -0.120. The SMILES string of the molecule is CCCOc1ccc(/C=N/NC(=O)CNC(=O)c2ccc(OC)c(OC)c2)cc1OCC. The van der Waals surface area contributed by atoms with Crippen LogP contribution in [0.1, 0.15) is 36.2 Å². The predicted octanol–water partition coefficient (Wildman–Crippen LogP) is 2.77. The first-order chi connectivity index (χ1) is 15.5. The number of hydrazone groups is 1. The lowest BCUT2D eigenvalue weighted by atomic mass is 10.2. The molecule has 0 atom stereocenters. The number of hydrogen-bond acceptors (Lipinski definition) is 7. The topological polar surface area (TPSA) is 107 Å². The molecule has 0 aliphatic rings. The van der Waals surface area contributed by atoms with E-state index in [1.807, 2.05) is 19.9 Å². The van der Waals surface area contributed by atoms with Crippen molar-refractivity contribution < 1.29 is 28.5 Å². The van der Waals surface area contributed by atoms with E-state index < -0.39 is 11.8 Å². The minimum atomic E-state index is -0.469. The maximum atomic E-state index is 12.3. The fraction of sp³-hybridized carbons (Fsp3) is 0.348. The molecule has 0 unspecified atom stereocenters. The lowest BCUT2D eigenvalue weighted by Gasteiger charge is -2.11. The van der Waals surface area contributed by atoms with Crippen molar-refractivity contribution in [3.63, 3.8) is 0 Å². The summed E-state index contributed by atoms with van der Waals surface area (Å²) < 4.78 is 21.6. The first-order valence-electron chi connectivity index (χ1n) is 10.2. The Balaban J connectivity index is 1.89. The van der Waals surface area contributed by atoms with Crippen LogP contribution < -0.4 is 29.7 Å². The van der Waals surface area contributed by atoms with E-state index in [2.05, 4.69) is 15.8 Å². The average molecular weight is 444 g/mol. The van der Waals surface area contributed by atoms with E-state index in [0.717, 1.165) is 12.0 Å². The molecule has 0 heterocycles. The summed E-state index contributed by atoms with van der Waals surface area (Å²) >= 11 is 0. The number of hydrogen-bond donors (Lipinski definition) is 2. The third-order valence-electron chi connectivity index (χ3n) is 4.19. The Morgan fingerprint density at radius 3 is 2.38 bits per heavy atom. The molecule has 2 aromatic carbocycles. The molecular formula is C23H29N3O6. The lowest BCUT2D eigenvalue weighted by Crippen LogP contribution is -2.34. The highest BCUT2D eigenvalue weighted by atomic mass is 16.5. The van der Waals surface area contributed by atoms with Crippen molar-refractivity contribution in [2.75, 3.05) is 34.0 Å². The molecule has 9 nitrogen and oxygen atoms in total. The Bertz CT molecular complexity index is 945. The molecule has 0 bridgehead atoms. The van der Waals surface area contributed by atoms with Gasteiger partial charge in [-0.1, -0.05) is 6.92 Å². The number of methoxy groups -OCH3 is 2. The number of nitrogens with one attached hydrogen (secondary N) is 2. The Morgan fingerprint density at radius 1 is 0.938 bits per heavy atom. The van der Waals surface area contributed by atoms with Crippen LogP contribution in [-0.2, 0) is 4.79 Å². The molecule has 2 amide bonds. The number of carbonyl (C=O) groups excluding carboxylic acids is 2. The van der Waals surface area contributed by atoms with Crippen LogP contribution in [0.3, 0.4) is 0 Å². The van der Waals surface area contributed by atoms with Crippen LogP contribution in [0.25, 0.3) is 0 Å². The van der Waals surface area contributed by atoms with Crippen LogP contribution in [0.15, 0.2) is 41.5 Å². The van der Waals surface area contributed by atoms with Crippen molar-refractivity contribution in [3.8, 4) is 23.0 Å². The van der Waals surface area contributed by atoms with Crippen molar-refractivity contribution in [2.45, 2.75) is 20.3 Å². The number of amides is 2. The fourth-order valence-electron chi connectivity index (χ4n) is 2.66. The van der Waals surface area contributed by atoms with Crippen LogP contribution in [0, 0.1) is 0 Å². The summed E-state index contributed by atoms with van der Waals surface area (Å²) in [6.45, 7) is 4.78. The third kappa shape index (κ3) is 7.19. The molecule has 0 aliphatic heterocycles. The molecule has 2 rings (SSSR count). The van der Waals surface area contributed by atoms with Crippen LogP contribution in [0.4, 0.5) is 0 Å². The molecule has 172 valence electrons. The predicted molar refractivity (Wildman–Crippen MR) is 121 cm³/mol. The van der Waals surface area contributed by atoms with Crippen LogP contribution in [0.2, 0.25) is 0 Å². The molecule has 32 heavy (non-hydrogen) atoms. The number of carbonyl (C=O) groups is 2. The van der Waals surface area contributed by atoms with Gasteiger partial charge in [0.2, 0.25) is 0 Å². The largest absolute Gasteiger partial charge is 0.493 e. The summed E-state index contributed by atoms with van der Waals surface area (Å²) in [7, 11) is 2.99. The van der Waals surface area contributed by atoms with Crippen molar-refractivity contribution in [1.82, 2.24) is 10.7 Å². The fourth-order valence-corrected chi connectivity index (χ4v) is 2.66. The van der Waals surface area contributed by atoms with E-state index in [9.17, 15) is 9.59 Å². The molecule has 9 heteroatoms. The second-order valence-electron chi connectivity index (χ2n) is 6.53. The maximum Gasteiger partial charge on any atom is 0.259 e. The highest BCUT2D eigenvalue weighted by molar-refractivity contribution is 5.97. The number of ether oxygens (including phenoxy) is 4. The van der Waals surface area contributed by atoms with Gasteiger partial charge in [0.1, 0.15) is 0 Å². The third-order valence-corrected chi connectivity index (χ3v) is 4.19. The van der Waals surface area contributed by atoms with Crippen molar-refractivity contribution >= 4 is 18.0 Å². The van der Waals surface area contributed by atoms with E-state index in [4.69, 9.17) is 18.9 Å². The van der Waals surface area contributed by atoms with Gasteiger partial charge in [0.25, 0.3) is 11.8 Å². The Labute approximate surface area is 187 Å². The molecular weight excluding hydrogens is 414 g/mol. The second kappa shape index (κ2) is 12.8. The van der Waals surface area contributed by atoms with Crippen LogP contribution in [-0.4, -0.2) is 52.0 Å². The summed E-state index contributed by atoms with van der Waals surface area (Å²) in [6.07, 6.45) is 2.38. The molecule has 0 spiro atoms. The first-order valence-corrected chi connectivity index (χ1v) is 10.2. The number of rotatable bonds is 12. The van der Waals surface area contributed by atoms with Gasteiger partial charge in [-0.05, 0) is 55.3 Å². The number of nitrogens with zero attached hydrogens (tertiary/aromatic N) is 1. The summed E-state index contributed by atoms with van der Waals surface area (Å²) in [5.41, 5.74) is 3.45. The van der Waals surface area contributed by atoms with E-state index in [0.29, 0.717) is 41.8 Å². The maximum absolute atomic E-state index is 12.3. The molecule has 0 aromatic heterocycles. The molecule has 0 saturated heterocycles. The van der Waals surface area contributed by atoms with Gasteiger partial charge in [0, 0.05) is 5.56 Å². The van der Waals surface area contributed by atoms with Gasteiger partial charge in [-0.3, -0.25) is 9.59 Å². The van der Waals surface area contributed by atoms with Gasteiger partial charge in [0.15, 0.2) is 23.0 Å². The molecule has 0 fully saturated rings. The minimum Gasteiger partial charge on any atom is -0.493 e. The molecule has 0 radical (unpaired) electrons. The standard InChI is InChI=1S/C23H29N3O6/c1-5-11-32-19-9-7-16(12-21(19)31-6-2)14-25-26-22(27)15-24-23(28)17-8-10-18(29-3)20(13-17)30-4/h7-10,12-14H,5-6,11,15H2,1-4H3,(H,24,28)(H,26,27)/b25-14+. The molecule has 2 aromatic rings. The van der Waals surface area contributed by atoms with Crippen LogP contribution >= 0.6 is 0 Å². The zero-order chi connectivity index (χ0) is 23.3. The van der Waals surface area contributed by atoms with E-state index in [1.54, 1.807) is 24.3 Å². The monoisotopic (exact) mass is 443 g/mol. The normalized spacial score (nSPS) is 10.5. The smallest absolute Gasteiger partial charge is 0.259 e. The summed E-state index contributed by atoms with van der Waals surface area (Å²) in [4.78, 5) is 24.3. The average Bonchev–Trinajstić information content (AvgIpc) is 2.81. The van der Waals surface area contributed by atoms with Gasteiger partial charge in [-0.25, -0.2) is 5.43 Å². The van der Waals surface area contributed by atoms with Gasteiger partial charge in [-0.15, -0.1) is 0 Å². The summed E-state index contributed by atoms with van der Waals surface area (Å²) in [5.74, 6) is 1.31. The molecule has 0 aliphatic carbocycles. The van der Waals surface area contributed by atoms with Gasteiger partial charge in [-0.2, -0.15) is 5.10 Å². The Morgan fingerprint density at radius 2 is 1.69 bits per heavy atom. The second-order valence-corrected chi connectivity index (χ2v) is 6.53. The Kier molecular flexibility index (Phi) is 9.83.